The molecule has 0 bridgehead atoms. The van der Waals surface area contributed by atoms with Crippen molar-refractivity contribution in [3.05, 3.63) is 65.7 Å². The summed E-state index contributed by atoms with van der Waals surface area (Å²) in [4.78, 5) is 17.1. The second kappa shape index (κ2) is 6.07. The Morgan fingerprint density at radius 2 is 1.57 bits per heavy atom. The molecule has 2 aromatic rings. The van der Waals surface area contributed by atoms with Crippen LogP contribution in [0.25, 0.3) is 0 Å². The van der Waals surface area contributed by atoms with Crippen LogP contribution in [0.3, 0.4) is 0 Å². The van der Waals surface area contributed by atoms with E-state index in [1.165, 1.54) is 24.3 Å². The summed E-state index contributed by atoms with van der Waals surface area (Å²) in [7, 11) is -2.91. The first-order valence-electron chi connectivity index (χ1n) is 6.22. The minimum absolute atomic E-state index is 0.000712. The summed E-state index contributed by atoms with van der Waals surface area (Å²) in [6.07, 6.45) is 0. The number of carbonyl (C=O) groups is 1. The standard InChI is InChI=1S/C15H15NO4S/c1-12-8-10-14(11-9-12)21(18,19)16(20-2)15(17)13-6-4-3-5-7-13/h3-11H,1-2H3. The van der Waals surface area contributed by atoms with E-state index in [-0.39, 0.29) is 10.5 Å². The van der Waals surface area contributed by atoms with Crippen molar-refractivity contribution in [1.82, 2.24) is 4.47 Å². The van der Waals surface area contributed by atoms with Crippen LogP contribution in [0.1, 0.15) is 15.9 Å². The van der Waals surface area contributed by atoms with Crippen LogP contribution in [0.2, 0.25) is 0 Å². The number of carbonyl (C=O) groups excluding carboxylic acids is 1. The van der Waals surface area contributed by atoms with Crippen molar-refractivity contribution < 1.29 is 18.0 Å². The maximum Gasteiger partial charge on any atom is 0.292 e. The third-order valence-corrected chi connectivity index (χ3v) is 4.51. The summed E-state index contributed by atoms with van der Waals surface area (Å²) in [6, 6.07) is 14.3. The lowest BCUT2D eigenvalue weighted by molar-refractivity contribution is -0.0284. The number of nitrogens with zero attached hydrogens (tertiary/aromatic N) is 1. The largest absolute Gasteiger partial charge is 0.292 e. The van der Waals surface area contributed by atoms with Crippen LogP contribution in [0.15, 0.2) is 59.5 Å². The van der Waals surface area contributed by atoms with Gasteiger partial charge >= 0.3 is 0 Å². The molecule has 0 spiro atoms. The van der Waals surface area contributed by atoms with E-state index >= 15 is 0 Å². The van der Waals surface area contributed by atoms with Crippen molar-refractivity contribution in [2.45, 2.75) is 11.8 Å². The van der Waals surface area contributed by atoms with Crippen LogP contribution < -0.4 is 0 Å². The van der Waals surface area contributed by atoms with Gasteiger partial charge in [-0.25, -0.2) is 0 Å². The van der Waals surface area contributed by atoms with Crippen LogP contribution >= 0.6 is 0 Å². The molecular weight excluding hydrogens is 290 g/mol. The number of sulfonamides is 1. The molecule has 6 heteroatoms. The second-order valence-corrected chi connectivity index (χ2v) is 6.15. The van der Waals surface area contributed by atoms with E-state index in [0.29, 0.717) is 4.47 Å². The molecule has 110 valence electrons. The molecule has 2 rings (SSSR count). The molecule has 0 unspecified atom stereocenters. The fourth-order valence-corrected chi connectivity index (χ4v) is 2.97. The maximum absolute atomic E-state index is 12.5. The van der Waals surface area contributed by atoms with Crippen LogP contribution in [0.5, 0.6) is 0 Å². The summed E-state index contributed by atoms with van der Waals surface area (Å²) < 4.78 is 25.3. The zero-order valence-electron chi connectivity index (χ0n) is 11.7. The number of aryl methyl sites for hydroxylation is 1. The zero-order valence-corrected chi connectivity index (χ0v) is 12.5. The van der Waals surface area contributed by atoms with Gasteiger partial charge < -0.3 is 0 Å². The van der Waals surface area contributed by atoms with E-state index < -0.39 is 15.9 Å². The van der Waals surface area contributed by atoms with Gasteiger partial charge in [-0.3, -0.25) is 9.63 Å². The lowest BCUT2D eigenvalue weighted by Crippen LogP contribution is -2.36. The molecular formula is C15H15NO4S. The molecule has 0 atom stereocenters. The van der Waals surface area contributed by atoms with Crippen molar-refractivity contribution in [3.8, 4) is 0 Å². The minimum atomic E-state index is -4.05. The molecule has 0 saturated heterocycles. The Labute approximate surface area is 123 Å². The molecule has 21 heavy (non-hydrogen) atoms. The van der Waals surface area contributed by atoms with E-state index in [0.717, 1.165) is 12.7 Å². The summed E-state index contributed by atoms with van der Waals surface area (Å²) in [5.41, 5.74) is 1.15. The normalized spacial score (nSPS) is 11.1. The van der Waals surface area contributed by atoms with Crippen molar-refractivity contribution in [2.24, 2.45) is 0 Å². The van der Waals surface area contributed by atoms with Gasteiger partial charge in [0.1, 0.15) is 0 Å². The summed E-state index contributed by atoms with van der Waals surface area (Å²) >= 11 is 0. The van der Waals surface area contributed by atoms with E-state index in [1.807, 2.05) is 6.92 Å². The van der Waals surface area contributed by atoms with Gasteiger partial charge in [0.15, 0.2) is 0 Å². The van der Waals surface area contributed by atoms with Gasteiger partial charge in [-0.15, -0.1) is 4.47 Å². The van der Waals surface area contributed by atoms with Crippen LogP contribution in [-0.2, 0) is 14.9 Å². The predicted octanol–water partition coefficient (Wildman–Crippen LogP) is 2.39. The topological polar surface area (TPSA) is 63.7 Å². The molecule has 5 nitrogen and oxygen atoms in total. The summed E-state index contributed by atoms with van der Waals surface area (Å²) in [5.74, 6) is -0.737. The van der Waals surface area contributed by atoms with Gasteiger partial charge in [-0.2, -0.15) is 8.42 Å². The van der Waals surface area contributed by atoms with Gasteiger partial charge in [0.25, 0.3) is 15.9 Å². The number of hydrogen-bond acceptors (Lipinski definition) is 4. The fourth-order valence-electron chi connectivity index (χ4n) is 1.78. The van der Waals surface area contributed by atoms with E-state index in [2.05, 4.69) is 0 Å². The first-order chi connectivity index (χ1) is 9.96. The highest BCUT2D eigenvalue weighted by molar-refractivity contribution is 7.89. The molecule has 0 saturated carbocycles. The first-order valence-corrected chi connectivity index (χ1v) is 7.66. The number of benzene rings is 2. The number of amides is 1. The monoisotopic (exact) mass is 305 g/mol. The first kappa shape index (κ1) is 15.2. The Morgan fingerprint density at radius 1 is 1.00 bits per heavy atom. The second-order valence-electron chi connectivity index (χ2n) is 4.40. The molecule has 0 N–H and O–H groups in total. The maximum atomic E-state index is 12.5. The molecule has 2 aromatic carbocycles. The number of rotatable bonds is 4. The highest BCUT2D eigenvalue weighted by Gasteiger charge is 2.30. The van der Waals surface area contributed by atoms with Gasteiger partial charge in [0, 0.05) is 5.56 Å². The van der Waals surface area contributed by atoms with Crippen LogP contribution in [0, 0.1) is 6.92 Å². The third-order valence-electron chi connectivity index (χ3n) is 2.89. The van der Waals surface area contributed by atoms with E-state index in [4.69, 9.17) is 4.84 Å². The van der Waals surface area contributed by atoms with E-state index in [9.17, 15) is 13.2 Å². The quantitative estimate of drug-likeness (QED) is 0.814. The smallest absolute Gasteiger partial charge is 0.266 e. The van der Waals surface area contributed by atoms with Crippen LogP contribution in [-0.4, -0.2) is 25.9 Å². The van der Waals surface area contributed by atoms with Crippen LogP contribution in [0.4, 0.5) is 0 Å². The lowest BCUT2D eigenvalue weighted by Gasteiger charge is -2.19. The average molecular weight is 305 g/mol. The van der Waals surface area contributed by atoms with Gasteiger partial charge in [0.05, 0.1) is 12.0 Å². The fraction of sp³-hybridized carbons (Fsp3) is 0.133. The molecule has 0 aliphatic rings. The molecule has 0 aliphatic heterocycles. The Morgan fingerprint density at radius 3 is 2.10 bits per heavy atom. The van der Waals surface area contributed by atoms with Crippen molar-refractivity contribution in [3.63, 3.8) is 0 Å². The van der Waals surface area contributed by atoms with Crippen molar-refractivity contribution in [1.29, 1.82) is 0 Å². The summed E-state index contributed by atoms with van der Waals surface area (Å²) in [5, 5.41) is 0. The van der Waals surface area contributed by atoms with Gasteiger partial charge in [0.2, 0.25) is 0 Å². The predicted molar refractivity (Wildman–Crippen MR) is 78.0 cm³/mol. The Balaban J connectivity index is 2.41. The Hall–Kier alpha value is -2.18. The molecule has 0 aromatic heterocycles. The van der Waals surface area contributed by atoms with E-state index in [1.54, 1.807) is 30.3 Å². The molecule has 0 radical (unpaired) electrons. The zero-order chi connectivity index (χ0) is 15.5. The molecule has 0 heterocycles. The van der Waals surface area contributed by atoms with Gasteiger partial charge in [-0.1, -0.05) is 35.9 Å². The number of hydrogen-bond donors (Lipinski definition) is 0. The Bertz CT molecular complexity index is 724. The SMILES string of the molecule is CON(C(=O)c1ccccc1)S(=O)(=O)c1ccc(C)cc1. The lowest BCUT2D eigenvalue weighted by atomic mass is 10.2. The Kier molecular flexibility index (Phi) is 4.40. The number of hydroxylamine groups is 1. The van der Waals surface area contributed by atoms with Crippen molar-refractivity contribution in [2.75, 3.05) is 7.11 Å². The highest BCUT2D eigenvalue weighted by Crippen LogP contribution is 2.19. The highest BCUT2D eigenvalue weighted by atomic mass is 32.2. The molecule has 0 aliphatic carbocycles. The molecule has 0 fully saturated rings. The minimum Gasteiger partial charge on any atom is -0.266 e. The third kappa shape index (κ3) is 3.12. The summed E-state index contributed by atoms with van der Waals surface area (Å²) in [6.45, 7) is 1.85. The molecule has 1 amide bonds. The van der Waals surface area contributed by atoms with Crippen molar-refractivity contribution >= 4 is 15.9 Å². The van der Waals surface area contributed by atoms with Gasteiger partial charge in [-0.05, 0) is 31.2 Å². The average Bonchev–Trinajstić information content (AvgIpc) is 2.49.